The summed E-state index contributed by atoms with van der Waals surface area (Å²) in [6, 6.07) is 1.80. The molecule has 1 rings (SSSR count). The van der Waals surface area contributed by atoms with Crippen molar-refractivity contribution in [2.24, 2.45) is 0 Å². The standard InChI is InChI=1S/C9H15N3O2/c1-7-6-8(10)12(11-7)5-3-4-9(13)14-2/h6H,3-5,10H2,1-2H3. The number of rotatable bonds is 4. The van der Waals surface area contributed by atoms with E-state index in [-0.39, 0.29) is 5.97 Å². The van der Waals surface area contributed by atoms with Crippen molar-refractivity contribution < 1.29 is 9.53 Å². The number of hydrogen-bond acceptors (Lipinski definition) is 4. The fraction of sp³-hybridized carbons (Fsp3) is 0.556. The van der Waals surface area contributed by atoms with Gasteiger partial charge >= 0.3 is 5.97 Å². The van der Waals surface area contributed by atoms with Crippen molar-refractivity contribution in [3.8, 4) is 0 Å². The van der Waals surface area contributed by atoms with Crippen LogP contribution in [-0.2, 0) is 16.1 Å². The van der Waals surface area contributed by atoms with Crippen LogP contribution in [0.2, 0.25) is 0 Å². The number of hydrogen-bond donors (Lipinski definition) is 1. The molecule has 0 fully saturated rings. The number of carbonyl (C=O) groups is 1. The Hall–Kier alpha value is -1.52. The Bertz CT molecular complexity index is 320. The quantitative estimate of drug-likeness (QED) is 0.722. The topological polar surface area (TPSA) is 70.1 Å². The summed E-state index contributed by atoms with van der Waals surface area (Å²) in [6.07, 6.45) is 1.09. The van der Waals surface area contributed by atoms with Crippen molar-refractivity contribution >= 4 is 11.8 Å². The van der Waals surface area contributed by atoms with Crippen LogP contribution >= 0.6 is 0 Å². The van der Waals surface area contributed by atoms with Gasteiger partial charge in [0.1, 0.15) is 5.82 Å². The van der Waals surface area contributed by atoms with E-state index in [9.17, 15) is 4.79 Å². The molecule has 5 heteroatoms. The Morgan fingerprint density at radius 1 is 1.71 bits per heavy atom. The van der Waals surface area contributed by atoms with Gasteiger partial charge in [0.2, 0.25) is 0 Å². The van der Waals surface area contributed by atoms with E-state index in [0.29, 0.717) is 25.2 Å². The van der Waals surface area contributed by atoms with E-state index in [1.54, 1.807) is 10.7 Å². The van der Waals surface area contributed by atoms with E-state index < -0.39 is 0 Å². The lowest BCUT2D eigenvalue weighted by atomic mass is 10.3. The van der Waals surface area contributed by atoms with Crippen LogP contribution in [0.15, 0.2) is 6.07 Å². The van der Waals surface area contributed by atoms with Gasteiger partial charge < -0.3 is 10.5 Å². The number of anilines is 1. The van der Waals surface area contributed by atoms with Crippen molar-refractivity contribution in [1.82, 2.24) is 9.78 Å². The maximum absolute atomic E-state index is 10.8. The van der Waals surface area contributed by atoms with Crippen LogP contribution in [0.4, 0.5) is 5.82 Å². The molecule has 2 N–H and O–H groups in total. The van der Waals surface area contributed by atoms with Gasteiger partial charge in [-0.05, 0) is 13.3 Å². The first-order chi connectivity index (χ1) is 6.63. The minimum absolute atomic E-state index is 0.201. The summed E-state index contributed by atoms with van der Waals surface area (Å²) in [5.74, 6) is 0.430. The molecule has 0 aliphatic heterocycles. The van der Waals surface area contributed by atoms with Gasteiger partial charge in [-0.15, -0.1) is 0 Å². The smallest absolute Gasteiger partial charge is 0.305 e. The van der Waals surface area contributed by atoms with E-state index in [2.05, 4.69) is 9.84 Å². The molecule has 0 aliphatic carbocycles. The molecule has 0 radical (unpaired) electrons. The summed E-state index contributed by atoms with van der Waals surface area (Å²) in [5, 5.41) is 4.17. The number of ether oxygens (including phenoxy) is 1. The number of carbonyl (C=O) groups excluding carboxylic acids is 1. The molecule has 1 heterocycles. The summed E-state index contributed by atoms with van der Waals surface area (Å²) in [5.41, 5.74) is 6.56. The fourth-order valence-electron chi connectivity index (χ4n) is 1.22. The third-order valence-corrected chi connectivity index (χ3v) is 1.91. The average Bonchev–Trinajstić information content (AvgIpc) is 2.45. The van der Waals surface area contributed by atoms with E-state index in [1.165, 1.54) is 7.11 Å². The Morgan fingerprint density at radius 2 is 2.43 bits per heavy atom. The zero-order valence-electron chi connectivity index (χ0n) is 8.49. The van der Waals surface area contributed by atoms with E-state index in [1.807, 2.05) is 6.92 Å². The van der Waals surface area contributed by atoms with Crippen LogP contribution in [0.25, 0.3) is 0 Å². The maximum atomic E-state index is 10.8. The minimum atomic E-state index is -0.201. The van der Waals surface area contributed by atoms with Gasteiger partial charge in [-0.25, -0.2) is 4.68 Å². The normalized spacial score (nSPS) is 10.1. The molecule has 0 spiro atoms. The molecular formula is C9H15N3O2. The Balaban J connectivity index is 2.38. The summed E-state index contributed by atoms with van der Waals surface area (Å²) >= 11 is 0. The Kier molecular flexibility index (Phi) is 3.50. The van der Waals surface area contributed by atoms with Crippen LogP contribution in [0.1, 0.15) is 18.5 Å². The fourth-order valence-corrected chi connectivity index (χ4v) is 1.22. The molecule has 5 nitrogen and oxygen atoms in total. The number of esters is 1. The van der Waals surface area contributed by atoms with Gasteiger partial charge in [-0.3, -0.25) is 4.79 Å². The zero-order valence-corrected chi connectivity index (χ0v) is 8.49. The monoisotopic (exact) mass is 197 g/mol. The molecule has 1 aromatic heterocycles. The molecule has 0 aliphatic rings. The summed E-state index contributed by atoms with van der Waals surface area (Å²) < 4.78 is 6.22. The van der Waals surface area contributed by atoms with Crippen molar-refractivity contribution in [3.63, 3.8) is 0 Å². The number of nitrogen functional groups attached to an aromatic ring is 1. The number of nitrogens with two attached hydrogens (primary N) is 1. The predicted molar refractivity (Wildman–Crippen MR) is 52.6 cm³/mol. The average molecular weight is 197 g/mol. The van der Waals surface area contributed by atoms with Crippen LogP contribution in [0, 0.1) is 6.92 Å². The summed E-state index contributed by atoms with van der Waals surface area (Å²) in [6.45, 7) is 2.53. The molecule has 1 aromatic rings. The molecule has 78 valence electrons. The van der Waals surface area contributed by atoms with Crippen LogP contribution in [0.5, 0.6) is 0 Å². The van der Waals surface area contributed by atoms with Gasteiger partial charge in [0.05, 0.1) is 12.8 Å². The van der Waals surface area contributed by atoms with Crippen molar-refractivity contribution in [2.45, 2.75) is 26.3 Å². The van der Waals surface area contributed by atoms with Crippen LogP contribution < -0.4 is 5.73 Å². The highest BCUT2D eigenvalue weighted by molar-refractivity contribution is 5.68. The van der Waals surface area contributed by atoms with Gasteiger partial charge in [-0.2, -0.15) is 5.10 Å². The van der Waals surface area contributed by atoms with Crippen molar-refractivity contribution in [2.75, 3.05) is 12.8 Å². The van der Waals surface area contributed by atoms with Gasteiger partial charge in [0, 0.05) is 19.0 Å². The molecular weight excluding hydrogens is 182 g/mol. The SMILES string of the molecule is COC(=O)CCCn1nc(C)cc1N. The van der Waals surface area contributed by atoms with E-state index in [0.717, 1.165) is 5.69 Å². The second-order valence-corrected chi connectivity index (χ2v) is 3.11. The maximum Gasteiger partial charge on any atom is 0.305 e. The predicted octanol–water partition coefficient (Wildman–Crippen LogP) is 0.727. The van der Waals surface area contributed by atoms with Gasteiger partial charge in [0.25, 0.3) is 0 Å². The third-order valence-electron chi connectivity index (χ3n) is 1.91. The molecule has 0 saturated carbocycles. The molecule has 0 aromatic carbocycles. The second-order valence-electron chi connectivity index (χ2n) is 3.11. The Morgan fingerprint density at radius 3 is 2.93 bits per heavy atom. The molecule has 0 saturated heterocycles. The highest BCUT2D eigenvalue weighted by Gasteiger charge is 2.03. The third kappa shape index (κ3) is 2.76. The lowest BCUT2D eigenvalue weighted by Crippen LogP contribution is -2.07. The van der Waals surface area contributed by atoms with Crippen molar-refractivity contribution in [3.05, 3.63) is 11.8 Å². The Labute approximate surface area is 82.8 Å². The number of nitrogens with zero attached hydrogens (tertiary/aromatic N) is 2. The highest BCUT2D eigenvalue weighted by Crippen LogP contribution is 2.06. The second kappa shape index (κ2) is 4.64. The van der Waals surface area contributed by atoms with Crippen LogP contribution in [-0.4, -0.2) is 22.9 Å². The van der Waals surface area contributed by atoms with Crippen LogP contribution in [0.3, 0.4) is 0 Å². The zero-order chi connectivity index (χ0) is 10.6. The largest absolute Gasteiger partial charge is 0.469 e. The molecule has 14 heavy (non-hydrogen) atoms. The number of methoxy groups -OCH3 is 1. The van der Waals surface area contributed by atoms with Crippen molar-refractivity contribution in [1.29, 1.82) is 0 Å². The first-order valence-corrected chi connectivity index (χ1v) is 4.50. The lowest BCUT2D eigenvalue weighted by Gasteiger charge is -2.02. The first-order valence-electron chi connectivity index (χ1n) is 4.50. The van der Waals surface area contributed by atoms with E-state index >= 15 is 0 Å². The summed E-state index contributed by atoms with van der Waals surface area (Å²) in [4.78, 5) is 10.8. The molecule has 0 atom stereocenters. The lowest BCUT2D eigenvalue weighted by molar-refractivity contribution is -0.140. The first kappa shape index (κ1) is 10.6. The molecule has 0 unspecified atom stereocenters. The van der Waals surface area contributed by atoms with Gasteiger partial charge in [-0.1, -0.05) is 0 Å². The summed E-state index contributed by atoms with van der Waals surface area (Å²) in [7, 11) is 1.38. The number of aryl methyl sites for hydroxylation is 2. The highest BCUT2D eigenvalue weighted by atomic mass is 16.5. The molecule has 0 bridgehead atoms. The van der Waals surface area contributed by atoms with E-state index in [4.69, 9.17) is 5.73 Å². The molecule has 0 amide bonds. The minimum Gasteiger partial charge on any atom is -0.469 e. The van der Waals surface area contributed by atoms with Gasteiger partial charge in [0.15, 0.2) is 0 Å². The number of aromatic nitrogens is 2.